The molecule has 0 spiro atoms. The average molecular weight is 285 g/mol. The van der Waals surface area contributed by atoms with E-state index in [1.165, 1.54) is 6.07 Å². The van der Waals surface area contributed by atoms with Crippen LogP contribution in [0.3, 0.4) is 0 Å². The van der Waals surface area contributed by atoms with Crippen LogP contribution < -0.4 is 5.32 Å². The molecule has 0 radical (unpaired) electrons. The molecular formula is C12H14ClFN4O. The standard InChI is InChI=1S/C12H14ClFN4O/c13-10-3-1-4-11(14)12(10)15-7-9-8-18(17-16-9)5-2-6-19/h1,3-4,8,15,19H,2,5-7H2. The molecule has 0 aliphatic carbocycles. The molecule has 0 aliphatic rings. The molecule has 1 aromatic carbocycles. The van der Waals surface area contributed by atoms with Crippen molar-refractivity contribution in [1.29, 1.82) is 0 Å². The second-order valence-corrected chi connectivity index (χ2v) is 4.41. The Bertz CT molecular complexity index is 526. The zero-order chi connectivity index (χ0) is 13.7. The highest BCUT2D eigenvalue weighted by Gasteiger charge is 2.07. The summed E-state index contributed by atoms with van der Waals surface area (Å²) in [4.78, 5) is 0. The molecule has 0 bridgehead atoms. The van der Waals surface area contributed by atoms with Gasteiger partial charge in [0.2, 0.25) is 0 Å². The first-order valence-corrected chi connectivity index (χ1v) is 6.26. The fourth-order valence-electron chi connectivity index (χ4n) is 1.61. The van der Waals surface area contributed by atoms with Gasteiger partial charge in [-0.15, -0.1) is 5.10 Å². The number of aryl methyl sites for hydroxylation is 1. The SMILES string of the molecule is OCCCn1cc(CNc2c(F)cccc2Cl)nn1. The number of hydrogen-bond donors (Lipinski definition) is 2. The molecule has 102 valence electrons. The van der Waals surface area contributed by atoms with Crippen molar-refractivity contribution in [2.75, 3.05) is 11.9 Å². The number of halogens is 2. The smallest absolute Gasteiger partial charge is 0.147 e. The lowest BCUT2D eigenvalue weighted by Crippen LogP contribution is -2.02. The fraction of sp³-hybridized carbons (Fsp3) is 0.333. The summed E-state index contributed by atoms with van der Waals surface area (Å²) in [6.45, 7) is 1.04. The van der Waals surface area contributed by atoms with Gasteiger partial charge in [0.05, 0.1) is 23.5 Å². The maximum Gasteiger partial charge on any atom is 0.147 e. The molecule has 2 aromatic rings. The molecule has 0 fully saturated rings. The van der Waals surface area contributed by atoms with Crippen molar-refractivity contribution in [3.8, 4) is 0 Å². The molecule has 1 heterocycles. The summed E-state index contributed by atoms with van der Waals surface area (Å²) >= 11 is 5.90. The van der Waals surface area contributed by atoms with Gasteiger partial charge in [0.25, 0.3) is 0 Å². The molecule has 2 N–H and O–H groups in total. The predicted molar refractivity (Wildman–Crippen MR) is 70.5 cm³/mol. The number of rotatable bonds is 6. The van der Waals surface area contributed by atoms with Gasteiger partial charge >= 0.3 is 0 Å². The molecule has 0 aliphatic heterocycles. The quantitative estimate of drug-likeness (QED) is 0.852. The van der Waals surface area contributed by atoms with Gasteiger partial charge in [-0.25, -0.2) is 4.39 Å². The van der Waals surface area contributed by atoms with E-state index in [0.717, 1.165) is 0 Å². The largest absolute Gasteiger partial charge is 0.396 e. The number of aliphatic hydroxyl groups excluding tert-OH is 1. The Kier molecular flexibility index (Phi) is 4.70. The van der Waals surface area contributed by atoms with Gasteiger partial charge in [0.15, 0.2) is 0 Å². The van der Waals surface area contributed by atoms with Crippen molar-refractivity contribution in [1.82, 2.24) is 15.0 Å². The number of aliphatic hydroxyl groups is 1. The number of para-hydroxylation sites is 1. The molecular weight excluding hydrogens is 271 g/mol. The van der Waals surface area contributed by atoms with Gasteiger partial charge in [0, 0.05) is 13.2 Å². The van der Waals surface area contributed by atoms with Crippen LogP contribution in [-0.4, -0.2) is 26.7 Å². The number of nitrogens with one attached hydrogen (secondary N) is 1. The highest BCUT2D eigenvalue weighted by molar-refractivity contribution is 6.33. The third kappa shape index (κ3) is 3.65. The van der Waals surface area contributed by atoms with Crippen LogP contribution in [0.1, 0.15) is 12.1 Å². The van der Waals surface area contributed by atoms with Crippen LogP contribution in [-0.2, 0) is 13.1 Å². The molecule has 7 heteroatoms. The van der Waals surface area contributed by atoms with E-state index >= 15 is 0 Å². The van der Waals surface area contributed by atoms with Gasteiger partial charge in [-0.3, -0.25) is 4.68 Å². The summed E-state index contributed by atoms with van der Waals surface area (Å²) in [5.41, 5.74) is 0.936. The van der Waals surface area contributed by atoms with Crippen LogP contribution in [0.5, 0.6) is 0 Å². The summed E-state index contributed by atoms with van der Waals surface area (Å²) in [6.07, 6.45) is 2.37. The number of anilines is 1. The van der Waals surface area contributed by atoms with Gasteiger partial charge in [-0.05, 0) is 18.6 Å². The average Bonchev–Trinajstić information content (AvgIpc) is 2.84. The normalized spacial score (nSPS) is 10.7. The lowest BCUT2D eigenvalue weighted by molar-refractivity contribution is 0.276. The number of aromatic nitrogens is 3. The molecule has 0 saturated carbocycles. The first-order chi connectivity index (χ1) is 9.20. The Morgan fingerprint density at radius 1 is 1.42 bits per heavy atom. The van der Waals surface area contributed by atoms with E-state index in [-0.39, 0.29) is 12.3 Å². The topological polar surface area (TPSA) is 63.0 Å². The zero-order valence-electron chi connectivity index (χ0n) is 10.2. The minimum Gasteiger partial charge on any atom is -0.396 e. The van der Waals surface area contributed by atoms with Crippen LogP contribution in [0.15, 0.2) is 24.4 Å². The Hall–Kier alpha value is -1.66. The maximum atomic E-state index is 13.5. The first-order valence-electron chi connectivity index (χ1n) is 5.88. The third-order valence-electron chi connectivity index (χ3n) is 2.54. The summed E-state index contributed by atoms with van der Waals surface area (Å²) < 4.78 is 15.1. The molecule has 5 nitrogen and oxygen atoms in total. The van der Waals surface area contributed by atoms with Crippen molar-refractivity contribution in [2.45, 2.75) is 19.5 Å². The second-order valence-electron chi connectivity index (χ2n) is 4.00. The van der Waals surface area contributed by atoms with E-state index < -0.39 is 5.82 Å². The van der Waals surface area contributed by atoms with Crippen LogP contribution in [0, 0.1) is 5.82 Å². The van der Waals surface area contributed by atoms with Crippen molar-refractivity contribution < 1.29 is 9.50 Å². The molecule has 0 atom stereocenters. The highest BCUT2D eigenvalue weighted by Crippen LogP contribution is 2.24. The molecule has 2 rings (SSSR count). The van der Waals surface area contributed by atoms with Crippen LogP contribution in [0.25, 0.3) is 0 Å². The first kappa shape index (κ1) is 13.8. The van der Waals surface area contributed by atoms with Gasteiger partial charge in [0.1, 0.15) is 11.5 Å². The second kappa shape index (κ2) is 6.49. The van der Waals surface area contributed by atoms with Crippen molar-refractivity contribution in [2.24, 2.45) is 0 Å². The number of benzene rings is 1. The molecule has 0 saturated heterocycles. The van der Waals surface area contributed by atoms with Crippen LogP contribution in [0.2, 0.25) is 5.02 Å². The van der Waals surface area contributed by atoms with E-state index in [0.29, 0.717) is 30.2 Å². The lowest BCUT2D eigenvalue weighted by atomic mass is 10.3. The van der Waals surface area contributed by atoms with Crippen LogP contribution in [0.4, 0.5) is 10.1 Å². The van der Waals surface area contributed by atoms with Gasteiger partial charge < -0.3 is 10.4 Å². The number of hydrogen-bond acceptors (Lipinski definition) is 4. The molecule has 19 heavy (non-hydrogen) atoms. The minimum absolute atomic E-state index is 0.109. The summed E-state index contributed by atoms with van der Waals surface area (Å²) in [6, 6.07) is 4.51. The number of nitrogens with zero attached hydrogens (tertiary/aromatic N) is 3. The Morgan fingerprint density at radius 3 is 3.00 bits per heavy atom. The van der Waals surface area contributed by atoms with Gasteiger partial charge in [-0.1, -0.05) is 22.9 Å². The Morgan fingerprint density at radius 2 is 2.26 bits per heavy atom. The molecule has 1 aromatic heterocycles. The van der Waals surface area contributed by atoms with E-state index in [4.69, 9.17) is 16.7 Å². The summed E-state index contributed by atoms with van der Waals surface area (Å²) in [5, 5.41) is 19.8. The van der Waals surface area contributed by atoms with Crippen molar-refractivity contribution in [3.05, 3.63) is 40.9 Å². The van der Waals surface area contributed by atoms with E-state index in [9.17, 15) is 4.39 Å². The van der Waals surface area contributed by atoms with Crippen molar-refractivity contribution >= 4 is 17.3 Å². The summed E-state index contributed by atoms with van der Waals surface area (Å²) in [5.74, 6) is -0.403. The molecule has 0 unspecified atom stereocenters. The van der Waals surface area contributed by atoms with Gasteiger partial charge in [-0.2, -0.15) is 0 Å². The lowest BCUT2D eigenvalue weighted by Gasteiger charge is -2.07. The third-order valence-corrected chi connectivity index (χ3v) is 2.86. The Labute approximate surface area is 115 Å². The van der Waals surface area contributed by atoms with Crippen LogP contribution >= 0.6 is 11.6 Å². The minimum atomic E-state index is -0.403. The van der Waals surface area contributed by atoms with Crippen molar-refractivity contribution in [3.63, 3.8) is 0 Å². The monoisotopic (exact) mass is 284 g/mol. The van der Waals surface area contributed by atoms with E-state index in [1.807, 2.05) is 0 Å². The summed E-state index contributed by atoms with van der Waals surface area (Å²) in [7, 11) is 0. The Balaban J connectivity index is 1.97. The fourth-order valence-corrected chi connectivity index (χ4v) is 1.84. The predicted octanol–water partition coefficient (Wildman–Crippen LogP) is 2.07. The zero-order valence-corrected chi connectivity index (χ0v) is 10.9. The van der Waals surface area contributed by atoms with E-state index in [1.54, 1.807) is 23.0 Å². The maximum absolute atomic E-state index is 13.5. The molecule has 0 amide bonds. The highest BCUT2D eigenvalue weighted by atomic mass is 35.5. The van der Waals surface area contributed by atoms with E-state index in [2.05, 4.69) is 15.6 Å².